The summed E-state index contributed by atoms with van der Waals surface area (Å²) in [7, 11) is 2.44. The summed E-state index contributed by atoms with van der Waals surface area (Å²) in [5, 5.41) is 73.1. The topological polar surface area (TPSA) is 252 Å². The predicted octanol–water partition coefficient (Wildman–Crippen LogP) is 3.01. The van der Waals surface area contributed by atoms with E-state index in [1.54, 1.807) is 45.9 Å². The normalized spacial score (nSPS) is 37.5. The molecule has 64 heavy (non-hydrogen) atoms. The minimum Gasteiger partial charge on any atom is -0.617 e. The van der Waals surface area contributed by atoms with E-state index < -0.39 is 125 Å². The lowest BCUT2D eigenvalue weighted by Crippen LogP contribution is -2.64. The molecule has 0 saturated carbocycles. The van der Waals surface area contributed by atoms with Crippen molar-refractivity contribution in [2.75, 3.05) is 14.2 Å². The lowest BCUT2D eigenvalue weighted by atomic mass is 9.70. The number of ether oxygens (including phenoxy) is 8. The maximum Gasteiger partial charge on any atom is 0.331 e. The molecule has 4 N–H and O–H groups in total. The summed E-state index contributed by atoms with van der Waals surface area (Å²) >= 11 is 0. The second kappa shape index (κ2) is 22.5. The van der Waals surface area contributed by atoms with Crippen LogP contribution in [0.2, 0.25) is 0 Å². The van der Waals surface area contributed by atoms with Gasteiger partial charge in [0.25, 0.3) is 0 Å². The molecule has 3 saturated heterocycles. The Morgan fingerprint density at radius 3 is 2.23 bits per heavy atom. The van der Waals surface area contributed by atoms with Crippen molar-refractivity contribution in [3.05, 3.63) is 60.5 Å². The van der Waals surface area contributed by atoms with Crippen molar-refractivity contribution in [2.24, 2.45) is 22.7 Å². The van der Waals surface area contributed by atoms with Gasteiger partial charge in [-0.3, -0.25) is 9.59 Å². The highest BCUT2D eigenvalue weighted by molar-refractivity contribution is 5.82. The molecular weight excluding hydrogens is 836 g/mol. The maximum atomic E-state index is 13.4. The molecule has 4 rings (SSSR count). The Labute approximate surface area is 376 Å². The summed E-state index contributed by atoms with van der Waals surface area (Å²) in [5.41, 5.74) is -2.72. The summed E-state index contributed by atoms with van der Waals surface area (Å²) in [6, 6.07) is 0. The molecule has 17 heteroatoms. The maximum absolute atomic E-state index is 13.4. The van der Waals surface area contributed by atoms with Crippen molar-refractivity contribution in [3.8, 4) is 0 Å². The van der Waals surface area contributed by atoms with E-state index in [4.69, 9.17) is 37.9 Å². The third kappa shape index (κ3) is 13.5. The van der Waals surface area contributed by atoms with E-state index in [0.717, 1.165) is 12.8 Å². The van der Waals surface area contributed by atoms with Gasteiger partial charge in [0.1, 0.15) is 12.2 Å². The lowest BCUT2D eigenvalue weighted by molar-refractivity contribution is -0.361. The first-order chi connectivity index (χ1) is 29.9. The van der Waals surface area contributed by atoms with Crippen LogP contribution in [0.5, 0.6) is 0 Å². The van der Waals surface area contributed by atoms with Crippen molar-refractivity contribution in [1.82, 2.24) is 0 Å². The van der Waals surface area contributed by atoms with Crippen LogP contribution in [0.25, 0.3) is 0 Å². The number of rotatable bonds is 11. The first-order valence-electron chi connectivity index (χ1n) is 22.2. The standard InChI is InChI=1S/C47H72O17/c1-10-11-12-13-14-15-39(51)62-43-31(22-41(53)58-9)21-34-25-37(28(2)48)61-42(54)24-32(50)23-35-26-38(59-29(3)49)45(6,7)46(55,63-35)27-36-19-30(20-40(52)57-8)18-33(60-36)16-17-44(4,5)47(43,56)64-34/h12-17,20,22,28,30-38,43,48,50,52-53,55-56H,10-11,18-19,21,23-27H2,1-9H3/p-2/b13-12+,15-14+,17-16+,40-20+,41-22+/t28-,30?,31?,32-,33+,34+,35-,36+,37-,38+,43+,46+,47-/m1/s1. The number of fused-ring (bicyclic) bond motifs is 6. The van der Waals surface area contributed by atoms with Crippen LogP contribution in [0.4, 0.5) is 0 Å². The summed E-state index contributed by atoms with van der Waals surface area (Å²) in [6.45, 7) is 11.3. The van der Waals surface area contributed by atoms with E-state index in [-0.39, 0.29) is 44.9 Å². The van der Waals surface area contributed by atoms with Crippen LogP contribution in [0.3, 0.4) is 0 Å². The molecule has 0 spiro atoms. The van der Waals surface area contributed by atoms with Gasteiger partial charge in [-0.05, 0) is 52.7 Å². The number of carbonyl (C=O) groups is 3. The van der Waals surface area contributed by atoms with E-state index in [9.17, 15) is 45.0 Å². The number of carbonyl (C=O) groups excluding carboxylic acids is 3. The highest BCUT2D eigenvalue weighted by atomic mass is 16.7. The number of hydrogen-bond donors (Lipinski definition) is 4. The first kappa shape index (κ1) is 52.7. The summed E-state index contributed by atoms with van der Waals surface area (Å²) in [5.74, 6) is -9.60. The molecule has 4 aliphatic heterocycles. The molecule has 4 heterocycles. The van der Waals surface area contributed by atoms with Gasteiger partial charge in [0, 0.05) is 61.9 Å². The van der Waals surface area contributed by atoms with Gasteiger partial charge < -0.3 is 68.5 Å². The van der Waals surface area contributed by atoms with Crippen molar-refractivity contribution in [2.45, 2.75) is 179 Å². The fraction of sp³-hybridized carbons (Fsp3) is 0.723. The quantitative estimate of drug-likeness (QED) is 0.0581. The van der Waals surface area contributed by atoms with Crippen LogP contribution >= 0.6 is 0 Å². The fourth-order valence-electron chi connectivity index (χ4n) is 8.98. The van der Waals surface area contributed by atoms with Crippen LogP contribution in [-0.4, -0.2) is 119 Å². The molecule has 3 fully saturated rings. The monoisotopic (exact) mass is 906 g/mol. The lowest BCUT2D eigenvalue weighted by Gasteiger charge is -2.54. The number of unbranched alkanes of at least 4 members (excludes halogenated alkanes) is 1. The number of aliphatic hydroxyl groups is 4. The molecule has 0 amide bonds. The summed E-state index contributed by atoms with van der Waals surface area (Å²) in [6.07, 6.45) is 3.44. The zero-order chi connectivity index (χ0) is 47.6. The Balaban J connectivity index is 1.88. The van der Waals surface area contributed by atoms with Gasteiger partial charge in [-0.25, -0.2) is 4.79 Å². The van der Waals surface area contributed by atoms with Gasteiger partial charge in [0.15, 0.2) is 11.9 Å². The molecule has 4 aliphatic rings. The molecule has 0 aliphatic carbocycles. The summed E-state index contributed by atoms with van der Waals surface area (Å²) in [4.78, 5) is 39.2. The third-order valence-electron chi connectivity index (χ3n) is 12.8. The zero-order valence-electron chi connectivity index (χ0n) is 38.6. The third-order valence-corrected chi connectivity index (χ3v) is 12.8. The summed E-state index contributed by atoms with van der Waals surface area (Å²) < 4.78 is 46.8. The Hall–Kier alpha value is -3.97. The minimum absolute atomic E-state index is 0.0566. The van der Waals surface area contributed by atoms with Gasteiger partial charge in [0.2, 0.25) is 5.79 Å². The highest BCUT2D eigenvalue weighted by Crippen LogP contribution is 2.50. The molecule has 6 bridgehead atoms. The largest absolute Gasteiger partial charge is 0.617 e. The first-order valence-corrected chi connectivity index (χ1v) is 22.2. The van der Waals surface area contributed by atoms with E-state index >= 15 is 0 Å². The zero-order valence-corrected chi connectivity index (χ0v) is 38.6. The average Bonchev–Trinajstić information content (AvgIpc) is 3.19. The van der Waals surface area contributed by atoms with Crippen molar-refractivity contribution in [1.29, 1.82) is 0 Å². The van der Waals surface area contributed by atoms with Crippen molar-refractivity contribution >= 4 is 17.9 Å². The van der Waals surface area contributed by atoms with E-state index in [0.29, 0.717) is 0 Å². The molecule has 2 unspecified atom stereocenters. The molecule has 0 aromatic carbocycles. The molecule has 13 atom stereocenters. The van der Waals surface area contributed by atoms with Gasteiger partial charge in [-0.15, -0.1) is 0 Å². The number of allylic oxidation sites excluding steroid dienone is 4. The van der Waals surface area contributed by atoms with E-state index in [2.05, 4.69) is 0 Å². The molecule has 0 aromatic rings. The fourth-order valence-corrected chi connectivity index (χ4v) is 8.98. The van der Waals surface area contributed by atoms with Crippen molar-refractivity contribution < 1.29 is 82.9 Å². The van der Waals surface area contributed by atoms with Gasteiger partial charge in [-0.1, -0.05) is 83.6 Å². The predicted molar refractivity (Wildman–Crippen MR) is 225 cm³/mol. The Morgan fingerprint density at radius 1 is 0.922 bits per heavy atom. The average molecular weight is 907 g/mol. The van der Waals surface area contributed by atoms with Crippen LogP contribution in [0, 0.1) is 22.7 Å². The minimum atomic E-state index is -2.42. The second-order valence-electron chi connectivity index (χ2n) is 18.6. The Bertz CT molecular complexity index is 1730. The second-order valence-corrected chi connectivity index (χ2v) is 18.6. The molecule has 0 radical (unpaired) electrons. The van der Waals surface area contributed by atoms with Crippen LogP contribution in [-0.2, 0) is 52.3 Å². The SMILES string of the molecule is CCC/C=C/C=C/C(=O)O[C@H]1C(/C=C(\[O-])OC)C[C@H]2C[C@H]([C@@H](C)O)OC(=O)C[C@H](O)C[C@@H]3C[C@H](OC(C)=O)C(C)(C)[C@](O)(C[C@@H]4CC(/C=C(\[O-])OC)C[C@H](/C=C/C(C)(C)[C@]1(O)O2)O4)O3. The number of esters is 3. The molecule has 0 aromatic heterocycles. The molecule has 17 nitrogen and oxygen atoms in total. The van der Waals surface area contributed by atoms with E-state index in [1.807, 2.05) is 13.0 Å². The van der Waals surface area contributed by atoms with E-state index in [1.165, 1.54) is 52.4 Å². The molecular formula is C47H70O17-2. The number of hydrogen-bond acceptors (Lipinski definition) is 17. The highest BCUT2D eigenvalue weighted by Gasteiger charge is 2.60. The molecule has 362 valence electrons. The van der Waals surface area contributed by atoms with Crippen molar-refractivity contribution in [3.63, 3.8) is 0 Å². The Morgan fingerprint density at radius 2 is 1.59 bits per heavy atom. The van der Waals surface area contributed by atoms with Crippen LogP contribution in [0.15, 0.2) is 60.5 Å². The number of methoxy groups -OCH3 is 2. The van der Waals surface area contributed by atoms with Gasteiger partial charge >= 0.3 is 17.9 Å². The van der Waals surface area contributed by atoms with Crippen LogP contribution in [0.1, 0.15) is 113 Å². The van der Waals surface area contributed by atoms with Gasteiger partial charge in [-0.2, -0.15) is 0 Å². The number of cyclic esters (lactones) is 1. The smallest absolute Gasteiger partial charge is 0.331 e. The number of aliphatic hydroxyl groups excluding tert-OH is 2. The Kier molecular flexibility index (Phi) is 18.5. The van der Waals surface area contributed by atoms with Gasteiger partial charge in [0.05, 0.1) is 48.5 Å². The van der Waals surface area contributed by atoms with Crippen LogP contribution < -0.4 is 10.2 Å².